The number of nitrogens with two attached hydrogens (primary N) is 1. The van der Waals surface area contributed by atoms with Gasteiger partial charge in [-0.05, 0) is 58.3 Å². The molecule has 5 rings (SSSR count). The van der Waals surface area contributed by atoms with Gasteiger partial charge in [0.1, 0.15) is 17.9 Å². The summed E-state index contributed by atoms with van der Waals surface area (Å²) in [7, 11) is 0. The molecular formula is C29H29N5O3. The fourth-order valence-electron chi connectivity index (χ4n) is 5.01. The number of nitrogen functional groups attached to an aromatic ring is 1. The van der Waals surface area contributed by atoms with Crippen molar-refractivity contribution < 1.29 is 14.4 Å². The standard InChI is InChI=1S/C29H29N5O3/c1-18(35)33-26(23-10-9-20-5-2-3-6-21(20)16-23)29(37)34-14-4-7-25(34)28(36)32-17-19-8-11-24-22(15-19)12-13-31-27(24)30/h2-3,5-6,8-13,15-16,25-26H,4,7,14,17H2,1H3,(H2,30,31)(H,32,36)(H,33,35)/t25-,26?/m0/s1. The van der Waals surface area contributed by atoms with Gasteiger partial charge in [-0.25, -0.2) is 4.98 Å². The number of anilines is 1. The molecule has 8 nitrogen and oxygen atoms in total. The van der Waals surface area contributed by atoms with Crippen LogP contribution in [0.25, 0.3) is 21.5 Å². The lowest BCUT2D eigenvalue weighted by molar-refractivity contribution is -0.141. The van der Waals surface area contributed by atoms with E-state index < -0.39 is 12.1 Å². The maximum Gasteiger partial charge on any atom is 0.250 e. The molecule has 0 saturated carbocycles. The number of likely N-dealkylation sites (tertiary alicyclic amines) is 1. The fourth-order valence-corrected chi connectivity index (χ4v) is 5.01. The van der Waals surface area contributed by atoms with E-state index in [0.717, 1.165) is 33.5 Å². The first-order valence-corrected chi connectivity index (χ1v) is 12.4. The summed E-state index contributed by atoms with van der Waals surface area (Å²) in [6, 6.07) is 19.8. The summed E-state index contributed by atoms with van der Waals surface area (Å²) >= 11 is 0. The van der Waals surface area contributed by atoms with Crippen LogP contribution in [-0.2, 0) is 20.9 Å². The van der Waals surface area contributed by atoms with E-state index in [1.807, 2.05) is 66.7 Å². The van der Waals surface area contributed by atoms with Crippen molar-refractivity contribution in [3.63, 3.8) is 0 Å². The molecule has 1 aliphatic rings. The molecule has 2 heterocycles. The van der Waals surface area contributed by atoms with Crippen LogP contribution < -0.4 is 16.4 Å². The second-order valence-electron chi connectivity index (χ2n) is 9.40. The molecule has 4 aromatic rings. The van der Waals surface area contributed by atoms with Gasteiger partial charge in [0.2, 0.25) is 17.7 Å². The third kappa shape index (κ3) is 5.09. The van der Waals surface area contributed by atoms with Gasteiger partial charge < -0.3 is 21.3 Å². The van der Waals surface area contributed by atoms with Gasteiger partial charge in [-0.1, -0.05) is 48.5 Å². The maximum atomic E-state index is 13.7. The Balaban J connectivity index is 1.32. The largest absolute Gasteiger partial charge is 0.383 e. The quantitative estimate of drug-likeness (QED) is 0.379. The highest BCUT2D eigenvalue weighted by molar-refractivity contribution is 5.94. The van der Waals surface area contributed by atoms with Crippen LogP contribution in [-0.4, -0.2) is 40.2 Å². The minimum Gasteiger partial charge on any atom is -0.383 e. The van der Waals surface area contributed by atoms with Crippen LogP contribution in [0.3, 0.4) is 0 Å². The van der Waals surface area contributed by atoms with Gasteiger partial charge in [-0.15, -0.1) is 0 Å². The van der Waals surface area contributed by atoms with E-state index in [4.69, 9.17) is 5.73 Å². The van der Waals surface area contributed by atoms with Crippen LogP contribution >= 0.6 is 0 Å². The molecule has 3 amide bonds. The zero-order valence-corrected chi connectivity index (χ0v) is 20.6. The summed E-state index contributed by atoms with van der Waals surface area (Å²) in [5, 5.41) is 9.62. The SMILES string of the molecule is CC(=O)NC(C(=O)N1CCC[C@H]1C(=O)NCc1ccc2c(N)nccc2c1)c1ccc2ccccc2c1. The average molecular weight is 496 g/mol. The molecule has 37 heavy (non-hydrogen) atoms. The van der Waals surface area contributed by atoms with Crippen molar-refractivity contribution >= 4 is 45.1 Å². The van der Waals surface area contributed by atoms with E-state index in [0.29, 0.717) is 30.9 Å². The van der Waals surface area contributed by atoms with Crippen LogP contribution in [0, 0.1) is 0 Å². The van der Waals surface area contributed by atoms with Gasteiger partial charge in [0, 0.05) is 31.6 Å². The molecule has 0 radical (unpaired) electrons. The Kier molecular flexibility index (Phi) is 6.72. The lowest BCUT2D eigenvalue weighted by Gasteiger charge is -2.29. The number of amides is 3. The summed E-state index contributed by atoms with van der Waals surface area (Å²) in [5.41, 5.74) is 7.55. The number of hydrogen-bond donors (Lipinski definition) is 3. The number of aromatic nitrogens is 1. The summed E-state index contributed by atoms with van der Waals surface area (Å²) in [6.07, 6.45) is 2.95. The average Bonchev–Trinajstić information content (AvgIpc) is 3.40. The number of pyridine rings is 1. The number of hydrogen-bond acceptors (Lipinski definition) is 5. The molecule has 8 heteroatoms. The molecule has 0 aliphatic carbocycles. The summed E-state index contributed by atoms with van der Waals surface area (Å²) in [4.78, 5) is 44.6. The Hall–Kier alpha value is -4.46. The topological polar surface area (TPSA) is 117 Å². The first kappa shape index (κ1) is 24.2. The number of nitrogens with zero attached hydrogens (tertiary/aromatic N) is 2. The van der Waals surface area contributed by atoms with E-state index >= 15 is 0 Å². The fraction of sp³-hybridized carbons (Fsp3) is 0.241. The predicted octanol–water partition coefficient (Wildman–Crippen LogP) is 3.45. The Morgan fingerprint density at radius 2 is 1.84 bits per heavy atom. The smallest absolute Gasteiger partial charge is 0.250 e. The number of rotatable bonds is 6. The van der Waals surface area contributed by atoms with Crippen molar-refractivity contribution in [1.82, 2.24) is 20.5 Å². The third-order valence-electron chi connectivity index (χ3n) is 6.87. The van der Waals surface area contributed by atoms with Crippen molar-refractivity contribution in [2.24, 2.45) is 0 Å². The second-order valence-corrected chi connectivity index (χ2v) is 9.40. The number of carbonyl (C=O) groups is 3. The first-order valence-electron chi connectivity index (χ1n) is 12.4. The Bertz CT molecular complexity index is 1500. The molecule has 3 aromatic carbocycles. The monoisotopic (exact) mass is 495 g/mol. The summed E-state index contributed by atoms with van der Waals surface area (Å²) in [5.74, 6) is -0.329. The van der Waals surface area contributed by atoms with E-state index in [1.54, 1.807) is 11.1 Å². The minimum atomic E-state index is -0.866. The normalized spacial score (nSPS) is 16.0. The molecule has 1 fully saturated rings. The predicted molar refractivity (Wildman–Crippen MR) is 143 cm³/mol. The zero-order chi connectivity index (χ0) is 25.9. The number of nitrogens with one attached hydrogen (secondary N) is 2. The minimum absolute atomic E-state index is 0.208. The van der Waals surface area contributed by atoms with Crippen LogP contribution in [0.1, 0.15) is 36.9 Å². The van der Waals surface area contributed by atoms with Crippen molar-refractivity contribution in [3.8, 4) is 0 Å². The van der Waals surface area contributed by atoms with Crippen LogP contribution in [0.15, 0.2) is 72.9 Å². The van der Waals surface area contributed by atoms with Crippen LogP contribution in [0.2, 0.25) is 0 Å². The van der Waals surface area contributed by atoms with E-state index in [-0.39, 0.29) is 17.7 Å². The van der Waals surface area contributed by atoms with Gasteiger partial charge in [-0.3, -0.25) is 14.4 Å². The van der Waals surface area contributed by atoms with Gasteiger partial charge in [0.25, 0.3) is 0 Å². The van der Waals surface area contributed by atoms with E-state index in [9.17, 15) is 14.4 Å². The maximum absolute atomic E-state index is 13.7. The zero-order valence-electron chi connectivity index (χ0n) is 20.6. The summed E-state index contributed by atoms with van der Waals surface area (Å²) in [6.45, 7) is 2.18. The molecule has 1 aromatic heterocycles. The molecular weight excluding hydrogens is 466 g/mol. The molecule has 0 bridgehead atoms. The Morgan fingerprint density at radius 3 is 2.65 bits per heavy atom. The summed E-state index contributed by atoms with van der Waals surface area (Å²) < 4.78 is 0. The molecule has 188 valence electrons. The van der Waals surface area contributed by atoms with E-state index in [1.165, 1.54) is 6.92 Å². The van der Waals surface area contributed by atoms with Crippen LogP contribution in [0.5, 0.6) is 0 Å². The second kappa shape index (κ2) is 10.3. The molecule has 1 saturated heterocycles. The molecule has 0 spiro atoms. The molecule has 1 aliphatic heterocycles. The van der Waals surface area contributed by atoms with Crippen LogP contribution in [0.4, 0.5) is 5.82 Å². The van der Waals surface area contributed by atoms with Crippen molar-refractivity contribution in [2.45, 2.75) is 38.4 Å². The van der Waals surface area contributed by atoms with Gasteiger partial charge >= 0.3 is 0 Å². The van der Waals surface area contributed by atoms with Crippen molar-refractivity contribution in [3.05, 3.63) is 84.1 Å². The van der Waals surface area contributed by atoms with Crippen molar-refractivity contribution in [2.75, 3.05) is 12.3 Å². The van der Waals surface area contributed by atoms with Gasteiger partial charge in [0.05, 0.1) is 0 Å². The third-order valence-corrected chi connectivity index (χ3v) is 6.87. The highest BCUT2D eigenvalue weighted by Gasteiger charge is 2.38. The lowest BCUT2D eigenvalue weighted by Crippen LogP contribution is -2.49. The molecule has 1 unspecified atom stereocenters. The molecule has 2 atom stereocenters. The first-order chi connectivity index (χ1) is 17.9. The highest BCUT2D eigenvalue weighted by atomic mass is 16.2. The number of fused-ring (bicyclic) bond motifs is 2. The lowest BCUT2D eigenvalue weighted by atomic mass is 10.0. The van der Waals surface area contributed by atoms with Gasteiger partial charge in [-0.2, -0.15) is 0 Å². The van der Waals surface area contributed by atoms with Gasteiger partial charge in [0.15, 0.2) is 0 Å². The molecule has 4 N–H and O–H groups in total. The number of benzene rings is 3. The highest BCUT2D eigenvalue weighted by Crippen LogP contribution is 2.27. The van der Waals surface area contributed by atoms with E-state index in [2.05, 4.69) is 15.6 Å². The Morgan fingerprint density at radius 1 is 1.03 bits per heavy atom. The Labute approximate surface area is 214 Å². The van der Waals surface area contributed by atoms with Crippen molar-refractivity contribution in [1.29, 1.82) is 0 Å². The number of carbonyl (C=O) groups excluding carboxylic acids is 3.